The molecule has 3 rings (SSSR count). The second-order valence-corrected chi connectivity index (χ2v) is 5.94. The highest BCUT2D eigenvalue weighted by atomic mass is 16.6. The van der Waals surface area contributed by atoms with Crippen LogP contribution in [0.4, 0.5) is 10.5 Å². The minimum Gasteiger partial charge on any atom is -0.478 e. The van der Waals surface area contributed by atoms with E-state index in [9.17, 15) is 9.59 Å². The Morgan fingerprint density at radius 1 is 1.12 bits per heavy atom. The molecule has 1 aliphatic rings. The number of fused-ring (bicyclic) bond motifs is 1. The number of carbonyl (C=O) groups excluding carboxylic acids is 1. The first kappa shape index (κ1) is 16.8. The number of carboxylic acid groups (broad SMARTS) is 1. The van der Waals surface area contributed by atoms with Gasteiger partial charge >= 0.3 is 12.1 Å². The van der Waals surface area contributed by atoms with Gasteiger partial charge in [0.2, 0.25) is 0 Å². The summed E-state index contributed by atoms with van der Waals surface area (Å²) in [6, 6.07) is 17.1. The molecule has 0 bridgehead atoms. The molecule has 25 heavy (non-hydrogen) atoms. The third-order valence-corrected chi connectivity index (χ3v) is 4.12. The van der Waals surface area contributed by atoms with Crippen molar-refractivity contribution < 1.29 is 19.4 Å². The molecular formula is C20H19NO4. The minimum atomic E-state index is -0.989. The fourth-order valence-electron chi connectivity index (χ4n) is 2.94. The standard InChI is InChI=1S/C20H19NO4/c22-19(23)11-10-16-12-17-8-4-5-9-18(17)21(13-16)20(24)25-14-15-6-2-1-3-7-15/h1-11,16H,12-14H2,(H,22,23). The van der Waals surface area contributed by atoms with Crippen LogP contribution in [0.2, 0.25) is 0 Å². The van der Waals surface area contributed by atoms with Crippen LogP contribution >= 0.6 is 0 Å². The number of carboxylic acids is 1. The average Bonchev–Trinajstić information content (AvgIpc) is 2.64. The topological polar surface area (TPSA) is 66.8 Å². The number of aliphatic carboxylic acids is 1. The molecule has 128 valence electrons. The predicted molar refractivity (Wildman–Crippen MR) is 94.4 cm³/mol. The third-order valence-electron chi connectivity index (χ3n) is 4.12. The monoisotopic (exact) mass is 337 g/mol. The van der Waals surface area contributed by atoms with Crippen molar-refractivity contribution in [1.29, 1.82) is 0 Å². The molecule has 1 aliphatic heterocycles. The summed E-state index contributed by atoms with van der Waals surface area (Å²) >= 11 is 0. The van der Waals surface area contributed by atoms with Crippen molar-refractivity contribution in [3.05, 3.63) is 77.9 Å². The van der Waals surface area contributed by atoms with Crippen LogP contribution in [0, 0.1) is 5.92 Å². The van der Waals surface area contributed by atoms with Crippen LogP contribution in [0.1, 0.15) is 11.1 Å². The molecule has 2 aromatic carbocycles. The minimum absolute atomic E-state index is 0.0599. The largest absolute Gasteiger partial charge is 0.478 e. The lowest BCUT2D eigenvalue weighted by Crippen LogP contribution is -2.39. The van der Waals surface area contributed by atoms with E-state index in [-0.39, 0.29) is 12.5 Å². The van der Waals surface area contributed by atoms with E-state index in [1.165, 1.54) is 0 Å². The van der Waals surface area contributed by atoms with Gasteiger partial charge in [0.1, 0.15) is 6.61 Å². The summed E-state index contributed by atoms with van der Waals surface area (Å²) in [6.45, 7) is 0.600. The normalized spacial score (nSPS) is 16.5. The molecule has 0 aliphatic carbocycles. The van der Waals surface area contributed by atoms with E-state index in [2.05, 4.69) is 0 Å². The first-order valence-corrected chi connectivity index (χ1v) is 8.11. The molecule has 5 nitrogen and oxygen atoms in total. The van der Waals surface area contributed by atoms with E-state index in [0.29, 0.717) is 13.0 Å². The van der Waals surface area contributed by atoms with Gasteiger partial charge < -0.3 is 9.84 Å². The third kappa shape index (κ3) is 4.26. The molecule has 0 spiro atoms. The second kappa shape index (κ2) is 7.66. The van der Waals surface area contributed by atoms with Gasteiger partial charge in [0.25, 0.3) is 0 Å². The number of para-hydroxylation sites is 1. The van der Waals surface area contributed by atoms with Crippen LogP contribution in [0.15, 0.2) is 66.7 Å². The Morgan fingerprint density at radius 3 is 2.60 bits per heavy atom. The van der Waals surface area contributed by atoms with E-state index < -0.39 is 12.1 Å². The number of amides is 1. The smallest absolute Gasteiger partial charge is 0.414 e. The second-order valence-electron chi connectivity index (χ2n) is 5.94. The quantitative estimate of drug-likeness (QED) is 0.865. The first-order chi connectivity index (χ1) is 12.1. The van der Waals surface area contributed by atoms with Crippen molar-refractivity contribution in [3.63, 3.8) is 0 Å². The fourth-order valence-corrected chi connectivity index (χ4v) is 2.94. The zero-order chi connectivity index (χ0) is 17.6. The van der Waals surface area contributed by atoms with Crippen LogP contribution in [0.5, 0.6) is 0 Å². The number of carbonyl (C=O) groups is 2. The average molecular weight is 337 g/mol. The summed E-state index contributed by atoms with van der Waals surface area (Å²) in [5.74, 6) is -1.05. The summed E-state index contributed by atoms with van der Waals surface area (Å²) in [4.78, 5) is 24.9. The van der Waals surface area contributed by atoms with Gasteiger partial charge in [-0.3, -0.25) is 4.90 Å². The summed E-state index contributed by atoms with van der Waals surface area (Å²) in [5.41, 5.74) is 2.74. The Labute approximate surface area is 146 Å². The van der Waals surface area contributed by atoms with Gasteiger partial charge in [-0.1, -0.05) is 54.6 Å². The molecule has 1 unspecified atom stereocenters. The SMILES string of the molecule is O=C(O)C=CC1Cc2ccccc2N(C(=O)OCc2ccccc2)C1. The molecule has 0 radical (unpaired) electrons. The van der Waals surface area contributed by atoms with Gasteiger partial charge in [-0.15, -0.1) is 0 Å². The van der Waals surface area contributed by atoms with Crippen molar-refractivity contribution in [2.24, 2.45) is 5.92 Å². The van der Waals surface area contributed by atoms with Crippen LogP contribution in [0.25, 0.3) is 0 Å². The van der Waals surface area contributed by atoms with Crippen LogP contribution in [-0.4, -0.2) is 23.7 Å². The molecule has 0 saturated carbocycles. The van der Waals surface area contributed by atoms with Crippen molar-refractivity contribution in [2.45, 2.75) is 13.0 Å². The van der Waals surface area contributed by atoms with Crippen LogP contribution in [-0.2, 0) is 22.6 Å². The number of nitrogens with zero attached hydrogens (tertiary/aromatic N) is 1. The van der Waals surface area contributed by atoms with Crippen molar-refractivity contribution in [1.82, 2.24) is 0 Å². The molecule has 1 amide bonds. The zero-order valence-electron chi connectivity index (χ0n) is 13.7. The van der Waals surface area contributed by atoms with Crippen molar-refractivity contribution in [2.75, 3.05) is 11.4 Å². The lowest BCUT2D eigenvalue weighted by Gasteiger charge is -2.32. The highest BCUT2D eigenvalue weighted by Crippen LogP contribution is 2.30. The molecule has 1 N–H and O–H groups in total. The summed E-state index contributed by atoms with van der Waals surface area (Å²) < 4.78 is 5.44. The number of ether oxygens (including phenoxy) is 1. The maximum Gasteiger partial charge on any atom is 0.414 e. The predicted octanol–water partition coefficient (Wildman–Crippen LogP) is 3.64. The maximum absolute atomic E-state index is 12.6. The molecule has 1 heterocycles. The summed E-state index contributed by atoms with van der Waals surface area (Å²) in [7, 11) is 0. The Bertz CT molecular complexity index is 785. The first-order valence-electron chi connectivity index (χ1n) is 8.11. The van der Waals surface area contributed by atoms with E-state index in [4.69, 9.17) is 9.84 Å². The lowest BCUT2D eigenvalue weighted by molar-refractivity contribution is -0.131. The molecule has 5 heteroatoms. The van der Waals surface area contributed by atoms with Crippen LogP contribution < -0.4 is 4.90 Å². The number of benzene rings is 2. The number of hydrogen-bond donors (Lipinski definition) is 1. The Morgan fingerprint density at radius 2 is 1.84 bits per heavy atom. The van der Waals surface area contributed by atoms with E-state index in [1.54, 1.807) is 11.0 Å². The fraction of sp³-hybridized carbons (Fsp3) is 0.200. The molecule has 1 atom stereocenters. The maximum atomic E-state index is 12.6. The van der Waals surface area contributed by atoms with E-state index in [0.717, 1.165) is 22.9 Å². The Balaban J connectivity index is 1.75. The van der Waals surface area contributed by atoms with E-state index >= 15 is 0 Å². The highest BCUT2D eigenvalue weighted by molar-refractivity contribution is 5.89. The van der Waals surface area contributed by atoms with Gasteiger partial charge in [-0.25, -0.2) is 9.59 Å². The van der Waals surface area contributed by atoms with Crippen LogP contribution in [0.3, 0.4) is 0 Å². The lowest BCUT2D eigenvalue weighted by atomic mass is 9.92. The van der Waals surface area contributed by atoms with Gasteiger partial charge in [0.15, 0.2) is 0 Å². The van der Waals surface area contributed by atoms with Gasteiger partial charge in [0, 0.05) is 12.6 Å². The van der Waals surface area contributed by atoms with Crippen molar-refractivity contribution >= 4 is 17.7 Å². The molecule has 0 aromatic heterocycles. The number of rotatable bonds is 4. The highest BCUT2D eigenvalue weighted by Gasteiger charge is 2.28. The van der Waals surface area contributed by atoms with Crippen molar-refractivity contribution in [3.8, 4) is 0 Å². The van der Waals surface area contributed by atoms with Gasteiger partial charge in [-0.05, 0) is 29.5 Å². The summed E-state index contributed by atoms with van der Waals surface area (Å²) in [5, 5.41) is 8.83. The molecular weight excluding hydrogens is 318 g/mol. The Kier molecular flexibility index (Phi) is 5.14. The van der Waals surface area contributed by atoms with E-state index in [1.807, 2.05) is 54.6 Å². The molecule has 0 saturated heterocycles. The zero-order valence-corrected chi connectivity index (χ0v) is 13.7. The van der Waals surface area contributed by atoms with Gasteiger partial charge in [0.05, 0.1) is 5.69 Å². The van der Waals surface area contributed by atoms with Gasteiger partial charge in [-0.2, -0.15) is 0 Å². The molecule has 2 aromatic rings. The summed E-state index contributed by atoms with van der Waals surface area (Å²) in [6.07, 6.45) is 3.04. The number of anilines is 1. The number of hydrogen-bond acceptors (Lipinski definition) is 3. The molecule has 0 fully saturated rings. The Hall–Kier alpha value is -3.08.